The fraction of sp³-hybridized carbons (Fsp3) is 0.267. The van der Waals surface area contributed by atoms with Gasteiger partial charge in [-0.2, -0.15) is 0 Å². The molecule has 2 rings (SSSR count). The van der Waals surface area contributed by atoms with E-state index in [4.69, 9.17) is 0 Å². The summed E-state index contributed by atoms with van der Waals surface area (Å²) in [6, 6.07) is 9.23. The molecule has 1 heterocycles. The van der Waals surface area contributed by atoms with Gasteiger partial charge >= 0.3 is 0 Å². The molecular weight excluding hydrogens is 293 g/mol. The van der Waals surface area contributed by atoms with Gasteiger partial charge < -0.3 is 0 Å². The summed E-state index contributed by atoms with van der Waals surface area (Å²) >= 11 is 3.22. The maximum absolute atomic E-state index is 13.2. The number of aryl methyl sites for hydroxylation is 2. The van der Waals surface area contributed by atoms with E-state index in [2.05, 4.69) is 46.9 Å². The molecule has 0 unspecified atom stereocenters. The van der Waals surface area contributed by atoms with Crippen LogP contribution >= 0.6 is 15.9 Å². The van der Waals surface area contributed by atoms with Crippen molar-refractivity contribution in [2.45, 2.75) is 26.7 Å². The summed E-state index contributed by atoms with van der Waals surface area (Å²) in [6.07, 6.45) is 1.81. The highest BCUT2D eigenvalue weighted by Crippen LogP contribution is 2.26. The SMILES string of the molecule is CCc1cc(-c2ccc(F)c(Br)c2)cc(CC)n1. The van der Waals surface area contributed by atoms with Gasteiger partial charge in [0, 0.05) is 11.4 Å². The molecule has 3 heteroatoms. The van der Waals surface area contributed by atoms with Crippen molar-refractivity contribution >= 4 is 15.9 Å². The Bertz CT molecular complexity index is 544. The van der Waals surface area contributed by atoms with E-state index in [1.165, 1.54) is 6.07 Å². The van der Waals surface area contributed by atoms with Gasteiger partial charge in [-0.05, 0) is 64.2 Å². The molecule has 0 aliphatic rings. The van der Waals surface area contributed by atoms with Crippen LogP contribution in [-0.2, 0) is 12.8 Å². The van der Waals surface area contributed by atoms with E-state index in [9.17, 15) is 4.39 Å². The summed E-state index contributed by atoms with van der Waals surface area (Å²) in [5, 5.41) is 0. The molecule has 94 valence electrons. The molecule has 0 saturated carbocycles. The second-order valence-corrected chi connectivity index (χ2v) is 5.03. The van der Waals surface area contributed by atoms with Crippen molar-refractivity contribution in [2.75, 3.05) is 0 Å². The number of hydrogen-bond acceptors (Lipinski definition) is 1. The Morgan fingerprint density at radius 1 is 1.00 bits per heavy atom. The first-order valence-corrected chi connectivity index (χ1v) is 6.88. The molecular formula is C15H15BrFN. The second-order valence-electron chi connectivity index (χ2n) is 4.17. The van der Waals surface area contributed by atoms with E-state index in [1.807, 2.05) is 6.07 Å². The maximum Gasteiger partial charge on any atom is 0.137 e. The maximum atomic E-state index is 13.2. The van der Waals surface area contributed by atoms with Gasteiger partial charge in [0.1, 0.15) is 5.82 Å². The van der Waals surface area contributed by atoms with Crippen molar-refractivity contribution in [3.05, 3.63) is 52.0 Å². The molecule has 0 aliphatic carbocycles. The molecule has 0 bridgehead atoms. The monoisotopic (exact) mass is 307 g/mol. The number of nitrogens with zero attached hydrogens (tertiary/aromatic N) is 1. The van der Waals surface area contributed by atoms with Crippen LogP contribution in [0.5, 0.6) is 0 Å². The van der Waals surface area contributed by atoms with Crippen molar-refractivity contribution in [2.24, 2.45) is 0 Å². The van der Waals surface area contributed by atoms with Crippen molar-refractivity contribution < 1.29 is 4.39 Å². The number of benzene rings is 1. The summed E-state index contributed by atoms with van der Waals surface area (Å²) in [7, 11) is 0. The molecule has 0 amide bonds. The van der Waals surface area contributed by atoms with Crippen molar-refractivity contribution in [1.82, 2.24) is 4.98 Å². The highest BCUT2D eigenvalue weighted by molar-refractivity contribution is 9.10. The van der Waals surface area contributed by atoms with Gasteiger partial charge in [-0.15, -0.1) is 0 Å². The Morgan fingerprint density at radius 3 is 2.11 bits per heavy atom. The smallest absolute Gasteiger partial charge is 0.137 e. The first-order valence-electron chi connectivity index (χ1n) is 6.09. The van der Waals surface area contributed by atoms with Crippen LogP contribution in [0.25, 0.3) is 11.1 Å². The lowest BCUT2D eigenvalue weighted by molar-refractivity contribution is 0.621. The summed E-state index contributed by atoms with van der Waals surface area (Å²) in [5.74, 6) is -0.237. The molecule has 0 radical (unpaired) electrons. The van der Waals surface area contributed by atoms with E-state index < -0.39 is 0 Å². The highest BCUT2D eigenvalue weighted by atomic mass is 79.9. The molecule has 0 N–H and O–H groups in total. The van der Waals surface area contributed by atoms with Crippen LogP contribution in [0.3, 0.4) is 0 Å². The zero-order valence-electron chi connectivity index (χ0n) is 10.5. The number of halogens is 2. The molecule has 0 aliphatic heterocycles. The second kappa shape index (κ2) is 5.61. The Balaban J connectivity index is 2.51. The minimum atomic E-state index is -0.237. The lowest BCUT2D eigenvalue weighted by atomic mass is 10.0. The minimum Gasteiger partial charge on any atom is -0.258 e. The molecule has 2 aromatic rings. The number of rotatable bonds is 3. The standard InChI is InChI=1S/C15H15BrFN/c1-3-12-7-11(8-13(4-2)18-12)10-5-6-15(17)14(16)9-10/h5-9H,3-4H2,1-2H3. The van der Waals surface area contributed by atoms with Crippen LogP contribution in [0.2, 0.25) is 0 Å². The molecule has 1 aromatic carbocycles. The number of pyridine rings is 1. The molecule has 0 atom stereocenters. The fourth-order valence-corrected chi connectivity index (χ4v) is 2.23. The fourth-order valence-electron chi connectivity index (χ4n) is 1.85. The zero-order chi connectivity index (χ0) is 13.1. The largest absolute Gasteiger partial charge is 0.258 e. The van der Waals surface area contributed by atoms with E-state index in [-0.39, 0.29) is 5.82 Å². The summed E-state index contributed by atoms with van der Waals surface area (Å²) < 4.78 is 13.7. The summed E-state index contributed by atoms with van der Waals surface area (Å²) in [6.45, 7) is 4.18. The predicted octanol–water partition coefficient (Wildman–Crippen LogP) is 4.78. The molecule has 0 saturated heterocycles. The van der Waals surface area contributed by atoms with Crippen LogP contribution in [-0.4, -0.2) is 4.98 Å². The molecule has 0 fully saturated rings. The topological polar surface area (TPSA) is 12.9 Å². The quantitative estimate of drug-likeness (QED) is 0.795. The van der Waals surface area contributed by atoms with E-state index in [1.54, 1.807) is 6.07 Å². The average Bonchev–Trinajstić information content (AvgIpc) is 2.41. The third-order valence-corrected chi connectivity index (χ3v) is 3.52. The normalized spacial score (nSPS) is 10.7. The van der Waals surface area contributed by atoms with Gasteiger partial charge in [-0.25, -0.2) is 4.39 Å². The zero-order valence-corrected chi connectivity index (χ0v) is 12.1. The third kappa shape index (κ3) is 2.78. The minimum absolute atomic E-state index is 0.237. The van der Waals surface area contributed by atoms with Crippen molar-refractivity contribution in [3.63, 3.8) is 0 Å². The Morgan fingerprint density at radius 2 is 1.61 bits per heavy atom. The first-order chi connectivity index (χ1) is 8.63. The molecule has 1 nitrogen and oxygen atoms in total. The number of aromatic nitrogens is 1. The van der Waals surface area contributed by atoms with Gasteiger partial charge in [0.2, 0.25) is 0 Å². The molecule has 1 aromatic heterocycles. The predicted molar refractivity (Wildman–Crippen MR) is 76.1 cm³/mol. The van der Waals surface area contributed by atoms with Gasteiger partial charge in [0.15, 0.2) is 0 Å². The van der Waals surface area contributed by atoms with E-state index in [0.717, 1.165) is 35.4 Å². The summed E-state index contributed by atoms with van der Waals surface area (Å²) in [5.41, 5.74) is 4.25. The van der Waals surface area contributed by atoms with Gasteiger partial charge in [0.25, 0.3) is 0 Å². The molecule has 18 heavy (non-hydrogen) atoms. The van der Waals surface area contributed by atoms with Gasteiger partial charge in [-0.3, -0.25) is 4.98 Å². The van der Waals surface area contributed by atoms with Crippen molar-refractivity contribution in [3.8, 4) is 11.1 Å². The number of hydrogen-bond donors (Lipinski definition) is 0. The third-order valence-electron chi connectivity index (χ3n) is 2.91. The van der Waals surface area contributed by atoms with Crippen LogP contribution in [0, 0.1) is 5.82 Å². The molecule has 0 spiro atoms. The summed E-state index contributed by atoms with van der Waals surface area (Å²) in [4.78, 5) is 4.55. The van der Waals surface area contributed by atoms with Crippen molar-refractivity contribution in [1.29, 1.82) is 0 Å². The van der Waals surface area contributed by atoms with E-state index in [0.29, 0.717) is 4.47 Å². The first kappa shape index (κ1) is 13.2. The Labute approximate surface area is 115 Å². The van der Waals surface area contributed by atoms with Gasteiger partial charge in [-0.1, -0.05) is 19.9 Å². The Kier molecular flexibility index (Phi) is 4.12. The van der Waals surface area contributed by atoms with Gasteiger partial charge in [0.05, 0.1) is 4.47 Å². The lowest BCUT2D eigenvalue weighted by Gasteiger charge is -2.08. The van der Waals surface area contributed by atoms with Crippen LogP contribution in [0.4, 0.5) is 4.39 Å². The van der Waals surface area contributed by atoms with Crippen LogP contribution < -0.4 is 0 Å². The average molecular weight is 308 g/mol. The van der Waals surface area contributed by atoms with Crippen LogP contribution in [0.15, 0.2) is 34.8 Å². The Hall–Kier alpha value is -1.22. The highest BCUT2D eigenvalue weighted by Gasteiger charge is 2.06. The lowest BCUT2D eigenvalue weighted by Crippen LogP contribution is -1.95. The van der Waals surface area contributed by atoms with Crippen LogP contribution in [0.1, 0.15) is 25.2 Å². The van der Waals surface area contributed by atoms with E-state index >= 15 is 0 Å².